The maximum Gasteiger partial charge on any atom is 0.250 e. The lowest BCUT2D eigenvalue weighted by atomic mass is 9.85. The molecular weight excluding hydrogens is 534 g/mol. The van der Waals surface area contributed by atoms with Gasteiger partial charge in [-0.2, -0.15) is 5.10 Å². The molecular formula is C27H39N7O5S. The summed E-state index contributed by atoms with van der Waals surface area (Å²) in [6.07, 6.45) is 8.37. The number of aromatic nitrogens is 5. The van der Waals surface area contributed by atoms with Crippen LogP contribution in [0.4, 0.5) is 5.95 Å². The fourth-order valence-electron chi connectivity index (χ4n) is 5.65. The predicted octanol–water partition coefficient (Wildman–Crippen LogP) is 2.05. The Morgan fingerprint density at radius 3 is 2.58 bits per heavy atom. The molecule has 1 saturated heterocycles. The second-order valence-corrected chi connectivity index (χ2v) is 13.8. The Hall–Kier alpha value is -3.03. The zero-order chi connectivity index (χ0) is 28.7. The normalized spacial score (nSPS) is 22.4. The maximum absolute atomic E-state index is 13.4. The van der Waals surface area contributed by atoms with E-state index in [4.69, 9.17) is 9.84 Å². The van der Waals surface area contributed by atoms with Crippen LogP contribution in [0.2, 0.25) is 0 Å². The van der Waals surface area contributed by atoms with Crippen molar-refractivity contribution >= 4 is 27.2 Å². The number of nitrogens with one attached hydrogen (secondary N) is 1. The molecule has 4 heterocycles. The Morgan fingerprint density at radius 1 is 1.20 bits per heavy atom. The maximum atomic E-state index is 13.4. The van der Waals surface area contributed by atoms with Gasteiger partial charge in [-0.1, -0.05) is 0 Å². The molecule has 2 fully saturated rings. The molecule has 5 rings (SSSR count). The molecule has 2 N–H and O–H groups in total. The van der Waals surface area contributed by atoms with Crippen LogP contribution in [-0.4, -0.2) is 99.2 Å². The number of aliphatic hydroxyl groups excluding tert-OH is 1. The number of hydrogen-bond donors (Lipinski definition) is 2. The Bertz CT molecular complexity index is 1460. The topological polar surface area (TPSA) is 144 Å². The third-order valence-electron chi connectivity index (χ3n) is 8.07. The number of carbonyl (C=O) groups excluding carboxylic acids is 1. The number of aliphatic hydroxyl groups is 1. The van der Waals surface area contributed by atoms with Gasteiger partial charge in [0, 0.05) is 55.2 Å². The van der Waals surface area contributed by atoms with Crippen LogP contribution in [0.25, 0.3) is 16.6 Å². The molecule has 1 saturated carbocycles. The van der Waals surface area contributed by atoms with Gasteiger partial charge >= 0.3 is 0 Å². The molecule has 0 spiro atoms. The van der Waals surface area contributed by atoms with Crippen LogP contribution >= 0.6 is 0 Å². The zero-order valence-electron chi connectivity index (χ0n) is 23.6. The number of sulfone groups is 1. The van der Waals surface area contributed by atoms with Gasteiger partial charge < -0.3 is 20.1 Å². The summed E-state index contributed by atoms with van der Waals surface area (Å²) >= 11 is 0. The number of ether oxygens (including phenoxy) is 1. The number of rotatable bonds is 8. The monoisotopic (exact) mass is 573 g/mol. The van der Waals surface area contributed by atoms with Crippen molar-refractivity contribution in [3.05, 3.63) is 30.4 Å². The molecule has 3 aromatic rings. The highest BCUT2D eigenvalue weighted by Gasteiger charge is 2.37. The summed E-state index contributed by atoms with van der Waals surface area (Å²) in [7, 11) is -1.44. The second kappa shape index (κ2) is 11.1. The molecule has 0 radical (unpaired) electrons. The van der Waals surface area contributed by atoms with Gasteiger partial charge in [-0.3, -0.25) is 9.48 Å². The molecule has 2 aliphatic rings. The number of amides is 1. The first kappa shape index (κ1) is 28.5. The number of methoxy groups -OCH3 is 1. The molecule has 0 bridgehead atoms. The van der Waals surface area contributed by atoms with E-state index in [1.807, 2.05) is 17.6 Å². The first-order valence-corrected chi connectivity index (χ1v) is 15.7. The van der Waals surface area contributed by atoms with Gasteiger partial charge in [0.1, 0.15) is 5.54 Å². The average molecular weight is 574 g/mol. The van der Waals surface area contributed by atoms with E-state index in [9.17, 15) is 18.3 Å². The minimum atomic E-state index is -3.09. The van der Waals surface area contributed by atoms with E-state index in [-0.39, 0.29) is 48.6 Å². The minimum Gasteiger partial charge on any atom is -0.393 e. The van der Waals surface area contributed by atoms with Crippen molar-refractivity contribution in [3.8, 4) is 11.1 Å². The van der Waals surface area contributed by atoms with Crippen molar-refractivity contribution in [1.29, 1.82) is 0 Å². The van der Waals surface area contributed by atoms with Gasteiger partial charge in [0.25, 0.3) is 0 Å². The van der Waals surface area contributed by atoms with E-state index < -0.39 is 15.4 Å². The van der Waals surface area contributed by atoms with Crippen LogP contribution in [0.5, 0.6) is 0 Å². The summed E-state index contributed by atoms with van der Waals surface area (Å²) in [6.45, 7) is 6.51. The first-order chi connectivity index (χ1) is 19.0. The highest BCUT2D eigenvalue weighted by atomic mass is 32.2. The molecule has 1 aliphatic carbocycles. The highest BCUT2D eigenvalue weighted by molar-refractivity contribution is 7.91. The Morgan fingerprint density at radius 2 is 1.90 bits per heavy atom. The SMILES string of the molecule is COC[C@H](C)Nc1ncc2c(-c3cnn(C(C)(C)C(=O)N4CCS(=O)(=O)CC4)c3)cc(C3CCC(O)CC3)n2n1. The Kier molecular flexibility index (Phi) is 7.90. The summed E-state index contributed by atoms with van der Waals surface area (Å²) in [5.41, 5.74) is 2.63. The molecule has 13 heteroatoms. The lowest BCUT2D eigenvalue weighted by Crippen LogP contribution is -2.52. The summed E-state index contributed by atoms with van der Waals surface area (Å²) < 4.78 is 32.5. The lowest BCUT2D eigenvalue weighted by Gasteiger charge is -2.34. The van der Waals surface area contributed by atoms with Crippen molar-refractivity contribution in [2.45, 2.75) is 70.1 Å². The Balaban J connectivity index is 1.47. The van der Waals surface area contributed by atoms with Crippen molar-refractivity contribution in [2.75, 3.05) is 43.6 Å². The van der Waals surface area contributed by atoms with E-state index in [1.54, 1.807) is 42.9 Å². The third kappa shape index (κ3) is 5.72. The number of nitrogens with zero attached hydrogens (tertiary/aromatic N) is 6. The van der Waals surface area contributed by atoms with Crippen LogP contribution in [-0.2, 0) is 24.9 Å². The van der Waals surface area contributed by atoms with Crippen molar-refractivity contribution in [3.63, 3.8) is 0 Å². The summed E-state index contributed by atoms with van der Waals surface area (Å²) in [6, 6.07) is 2.16. The zero-order valence-corrected chi connectivity index (χ0v) is 24.4. The number of carbonyl (C=O) groups is 1. The molecule has 40 heavy (non-hydrogen) atoms. The number of fused-ring (bicyclic) bond motifs is 1. The summed E-state index contributed by atoms with van der Waals surface area (Å²) in [5.74, 6) is 0.551. The van der Waals surface area contributed by atoms with Gasteiger partial charge in [0.15, 0.2) is 9.84 Å². The van der Waals surface area contributed by atoms with E-state index >= 15 is 0 Å². The van der Waals surface area contributed by atoms with Gasteiger partial charge in [-0.15, -0.1) is 5.10 Å². The minimum absolute atomic E-state index is 0.0159. The van der Waals surface area contributed by atoms with Crippen LogP contribution in [0.1, 0.15) is 58.1 Å². The molecule has 3 aromatic heterocycles. The number of hydrogen-bond acceptors (Lipinski definition) is 9. The van der Waals surface area contributed by atoms with Gasteiger partial charge in [-0.25, -0.2) is 17.9 Å². The van der Waals surface area contributed by atoms with Crippen molar-refractivity contribution in [2.24, 2.45) is 0 Å². The molecule has 1 amide bonds. The predicted molar refractivity (Wildman–Crippen MR) is 151 cm³/mol. The quantitative estimate of drug-likeness (QED) is 0.414. The standard InChI is InChI=1S/C27H39N7O5S/c1-18(17-39-4)30-26-28-15-24-22(13-23(34(24)31-26)19-5-7-21(35)8-6-19)20-14-29-33(16-20)27(2,3)25(36)32-9-11-40(37,38)12-10-32/h13-16,18-19,21,35H,5-12,17H2,1-4H3,(H,30,31)/t18-,19?,21?/m0/s1. The van der Waals surface area contributed by atoms with E-state index in [1.165, 1.54) is 0 Å². The lowest BCUT2D eigenvalue weighted by molar-refractivity contribution is -0.139. The molecule has 1 atom stereocenters. The van der Waals surface area contributed by atoms with Gasteiger partial charge in [0.2, 0.25) is 11.9 Å². The van der Waals surface area contributed by atoms with Gasteiger partial charge in [-0.05, 0) is 52.5 Å². The van der Waals surface area contributed by atoms with Crippen LogP contribution < -0.4 is 5.32 Å². The number of anilines is 1. The van der Waals surface area contributed by atoms with E-state index in [0.717, 1.165) is 48.0 Å². The fraction of sp³-hybridized carbons (Fsp3) is 0.630. The second-order valence-electron chi connectivity index (χ2n) is 11.5. The molecule has 0 unspecified atom stereocenters. The van der Waals surface area contributed by atoms with Crippen molar-refractivity contribution < 1.29 is 23.1 Å². The van der Waals surface area contributed by atoms with E-state index in [0.29, 0.717) is 12.6 Å². The van der Waals surface area contributed by atoms with Crippen LogP contribution in [0.3, 0.4) is 0 Å². The largest absolute Gasteiger partial charge is 0.393 e. The molecule has 1 aliphatic heterocycles. The molecule has 0 aromatic carbocycles. The van der Waals surface area contributed by atoms with Crippen LogP contribution in [0, 0.1) is 0 Å². The van der Waals surface area contributed by atoms with Crippen molar-refractivity contribution in [1.82, 2.24) is 29.3 Å². The average Bonchev–Trinajstić information content (AvgIpc) is 3.55. The van der Waals surface area contributed by atoms with Gasteiger partial charge in [0.05, 0.1) is 42.1 Å². The smallest absolute Gasteiger partial charge is 0.250 e. The van der Waals surface area contributed by atoms with E-state index in [2.05, 4.69) is 21.5 Å². The summed E-state index contributed by atoms with van der Waals surface area (Å²) in [5, 5.41) is 22.8. The van der Waals surface area contributed by atoms with Crippen LogP contribution in [0.15, 0.2) is 24.7 Å². The Labute approximate surface area is 234 Å². The first-order valence-electron chi connectivity index (χ1n) is 13.9. The third-order valence-corrected chi connectivity index (χ3v) is 9.68. The summed E-state index contributed by atoms with van der Waals surface area (Å²) in [4.78, 5) is 19.6. The fourth-order valence-corrected chi connectivity index (χ4v) is 6.86. The molecule has 218 valence electrons. The highest BCUT2D eigenvalue weighted by Crippen LogP contribution is 2.38. The molecule has 12 nitrogen and oxygen atoms in total.